The Morgan fingerprint density at radius 1 is 1.33 bits per heavy atom. The van der Waals surface area contributed by atoms with Crippen LogP contribution in [-0.2, 0) is 0 Å². The molecular formula is C14H23N5O2. The van der Waals surface area contributed by atoms with Gasteiger partial charge >= 0.3 is 0 Å². The largest absolute Gasteiger partial charge is 0.348 e. The average molecular weight is 293 g/mol. The summed E-state index contributed by atoms with van der Waals surface area (Å²) in [6.07, 6.45) is 5.93. The third-order valence-corrected chi connectivity index (χ3v) is 4.17. The summed E-state index contributed by atoms with van der Waals surface area (Å²) in [5.41, 5.74) is 0. The summed E-state index contributed by atoms with van der Waals surface area (Å²) < 4.78 is 5.17. The molecule has 1 aromatic rings. The molecule has 1 unspecified atom stereocenters. The molecule has 0 spiro atoms. The van der Waals surface area contributed by atoms with E-state index >= 15 is 0 Å². The summed E-state index contributed by atoms with van der Waals surface area (Å²) in [5.74, 6) is 0.408. The first kappa shape index (κ1) is 14.5. The predicted octanol–water partition coefficient (Wildman–Crippen LogP) is 0.710. The lowest BCUT2D eigenvalue weighted by atomic mass is 10.1. The molecule has 1 aromatic heterocycles. The van der Waals surface area contributed by atoms with E-state index in [0.29, 0.717) is 12.4 Å². The third-order valence-electron chi connectivity index (χ3n) is 4.17. The number of amides is 1. The molecule has 1 amide bonds. The maximum Gasteiger partial charge on any atom is 0.292 e. The molecule has 2 saturated heterocycles. The molecule has 7 nitrogen and oxygen atoms in total. The number of carbonyl (C=O) groups excluding carboxylic acids is 1. The Balaban J connectivity index is 1.44. The molecule has 21 heavy (non-hydrogen) atoms. The van der Waals surface area contributed by atoms with Crippen LogP contribution in [0.25, 0.3) is 0 Å². The first-order valence-electron chi connectivity index (χ1n) is 7.90. The summed E-state index contributed by atoms with van der Waals surface area (Å²) in [7, 11) is 0. The average Bonchev–Trinajstić information content (AvgIpc) is 3.19. The van der Waals surface area contributed by atoms with Crippen molar-refractivity contribution in [3.05, 3.63) is 11.7 Å². The molecule has 3 rings (SSSR count). The van der Waals surface area contributed by atoms with Crippen molar-refractivity contribution in [1.82, 2.24) is 25.7 Å². The fraction of sp³-hybridized carbons (Fsp3) is 0.786. The zero-order chi connectivity index (χ0) is 14.5. The van der Waals surface area contributed by atoms with Crippen molar-refractivity contribution >= 4 is 5.91 Å². The maximum atomic E-state index is 12.0. The highest BCUT2D eigenvalue weighted by Crippen LogP contribution is 2.20. The van der Waals surface area contributed by atoms with Crippen molar-refractivity contribution in [1.29, 1.82) is 0 Å². The van der Waals surface area contributed by atoms with Crippen LogP contribution in [0.4, 0.5) is 0 Å². The van der Waals surface area contributed by atoms with Gasteiger partial charge in [0.05, 0.1) is 6.04 Å². The van der Waals surface area contributed by atoms with E-state index in [1.807, 2.05) is 0 Å². The van der Waals surface area contributed by atoms with E-state index in [4.69, 9.17) is 4.52 Å². The minimum absolute atomic E-state index is 0.104. The van der Waals surface area contributed by atoms with Crippen LogP contribution in [0.5, 0.6) is 0 Å². The number of hydrogen-bond acceptors (Lipinski definition) is 6. The number of hydrogen-bond donors (Lipinski definition) is 2. The normalized spacial score (nSPS) is 23.3. The number of likely N-dealkylation sites (tertiary alicyclic amines) is 1. The molecule has 116 valence electrons. The van der Waals surface area contributed by atoms with Crippen LogP contribution >= 0.6 is 0 Å². The second-order valence-electron chi connectivity index (χ2n) is 5.76. The van der Waals surface area contributed by atoms with Crippen LogP contribution in [0.15, 0.2) is 4.52 Å². The van der Waals surface area contributed by atoms with E-state index in [-0.39, 0.29) is 17.8 Å². The van der Waals surface area contributed by atoms with Crippen molar-refractivity contribution in [3.8, 4) is 0 Å². The smallest absolute Gasteiger partial charge is 0.292 e. The minimum Gasteiger partial charge on any atom is -0.348 e. The van der Waals surface area contributed by atoms with Gasteiger partial charge in [0, 0.05) is 13.1 Å². The zero-order valence-electron chi connectivity index (χ0n) is 12.3. The highest BCUT2D eigenvalue weighted by molar-refractivity contribution is 5.90. The summed E-state index contributed by atoms with van der Waals surface area (Å²) in [6.45, 7) is 4.75. The van der Waals surface area contributed by atoms with Gasteiger partial charge in [-0.3, -0.25) is 4.79 Å². The van der Waals surface area contributed by atoms with Gasteiger partial charge in [-0.2, -0.15) is 4.98 Å². The Hall–Kier alpha value is -1.47. The van der Waals surface area contributed by atoms with E-state index in [1.165, 1.54) is 19.3 Å². The molecule has 2 aliphatic rings. The molecule has 3 heterocycles. The summed E-state index contributed by atoms with van der Waals surface area (Å²) in [4.78, 5) is 18.6. The van der Waals surface area contributed by atoms with Crippen molar-refractivity contribution < 1.29 is 9.32 Å². The van der Waals surface area contributed by atoms with Crippen LogP contribution in [-0.4, -0.2) is 53.7 Å². The summed E-state index contributed by atoms with van der Waals surface area (Å²) >= 11 is 0. The fourth-order valence-corrected chi connectivity index (χ4v) is 2.95. The molecule has 0 saturated carbocycles. The second-order valence-corrected chi connectivity index (χ2v) is 5.76. The molecule has 2 N–H and O–H groups in total. The topological polar surface area (TPSA) is 83.3 Å². The summed E-state index contributed by atoms with van der Waals surface area (Å²) in [5, 5.41) is 9.92. The number of carbonyl (C=O) groups is 1. The Morgan fingerprint density at radius 2 is 2.19 bits per heavy atom. The monoisotopic (exact) mass is 293 g/mol. The number of nitrogens with zero attached hydrogens (tertiary/aromatic N) is 3. The third kappa shape index (κ3) is 3.79. The van der Waals surface area contributed by atoms with Gasteiger partial charge in [0.1, 0.15) is 0 Å². The molecule has 1 atom stereocenters. The van der Waals surface area contributed by atoms with Gasteiger partial charge in [-0.1, -0.05) is 11.6 Å². The van der Waals surface area contributed by atoms with E-state index in [9.17, 15) is 4.79 Å². The number of piperidine rings is 1. The van der Waals surface area contributed by atoms with Crippen LogP contribution in [0.2, 0.25) is 0 Å². The molecule has 0 bridgehead atoms. The lowest BCUT2D eigenvalue weighted by Crippen LogP contribution is -2.37. The van der Waals surface area contributed by atoms with Crippen molar-refractivity contribution in [2.45, 2.75) is 38.1 Å². The van der Waals surface area contributed by atoms with Gasteiger partial charge in [0.2, 0.25) is 5.89 Å². The summed E-state index contributed by atoms with van der Waals surface area (Å²) in [6, 6.07) is 0.104. The maximum absolute atomic E-state index is 12.0. The standard InChI is InChI=1S/C14H23N5O2/c20-13(16-7-10-19-8-2-1-3-9-19)12-17-14(21-18-12)11-5-4-6-15-11/h11,15H,1-10H2,(H,16,20). The van der Waals surface area contributed by atoms with E-state index < -0.39 is 0 Å². The Bertz CT molecular complexity index is 464. The van der Waals surface area contributed by atoms with Gasteiger partial charge in [-0.15, -0.1) is 0 Å². The van der Waals surface area contributed by atoms with Crippen LogP contribution in [0.3, 0.4) is 0 Å². The quantitative estimate of drug-likeness (QED) is 0.832. The molecule has 2 aliphatic heterocycles. The molecule has 7 heteroatoms. The van der Waals surface area contributed by atoms with Crippen LogP contribution < -0.4 is 10.6 Å². The van der Waals surface area contributed by atoms with Gasteiger partial charge in [-0.25, -0.2) is 0 Å². The lowest BCUT2D eigenvalue weighted by molar-refractivity contribution is 0.0933. The van der Waals surface area contributed by atoms with E-state index in [2.05, 4.69) is 25.7 Å². The Kier molecular flexibility index (Phi) is 4.82. The SMILES string of the molecule is O=C(NCCN1CCCCC1)c1noc(C2CCCN2)n1. The molecule has 0 aromatic carbocycles. The van der Waals surface area contributed by atoms with E-state index in [1.54, 1.807) is 0 Å². The van der Waals surface area contributed by atoms with Gasteiger partial charge < -0.3 is 20.1 Å². The van der Waals surface area contributed by atoms with Crippen LogP contribution in [0.1, 0.15) is 54.7 Å². The first-order chi connectivity index (χ1) is 10.3. The van der Waals surface area contributed by atoms with Gasteiger partial charge in [0.25, 0.3) is 11.7 Å². The van der Waals surface area contributed by atoms with E-state index in [0.717, 1.165) is 39.0 Å². The molecular weight excluding hydrogens is 270 g/mol. The van der Waals surface area contributed by atoms with Gasteiger partial charge in [0.15, 0.2) is 0 Å². The van der Waals surface area contributed by atoms with Crippen molar-refractivity contribution in [2.75, 3.05) is 32.7 Å². The Morgan fingerprint density at radius 3 is 2.95 bits per heavy atom. The molecule has 0 aliphatic carbocycles. The lowest BCUT2D eigenvalue weighted by Gasteiger charge is -2.26. The second kappa shape index (κ2) is 7.00. The minimum atomic E-state index is -0.250. The van der Waals surface area contributed by atoms with Crippen molar-refractivity contribution in [3.63, 3.8) is 0 Å². The van der Waals surface area contributed by atoms with Crippen LogP contribution in [0, 0.1) is 0 Å². The zero-order valence-corrected chi connectivity index (χ0v) is 12.3. The van der Waals surface area contributed by atoms with Gasteiger partial charge in [-0.05, 0) is 45.3 Å². The number of rotatable bonds is 5. The number of nitrogens with one attached hydrogen (secondary N) is 2. The first-order valence-corrected chi connectivity index (χ1v) is 7.90. The Labute approximate surface area is 124 Å². The highest BCUT2D eigenvalue weighted by Gasteiger charge is 2.24. The number of aromatic nitrogens is 2. The highest BCUT2D eigenvalue weighted by atomic mass is 16.5. The molecule has 2 fully saturated rings. The molecule has 0 radical (unpaired) electrons. The fourth-order valence-electron chi connectivity index (χ4n) is 2.95. The van der Waals surface area contributed by atoms with Crippen molar-refractivity contribution in [2.24, 2.45) is 0 Å². The predicted molar refractivity (Wildman–Crippen MR) is 76.9 cm³/mol.